The van der Waals surface area contributed by atoms with Gasteiger partial charge >= 0.3 is 0 Å². The average molecular weight is 273 g/mol. The molecule has 0 spiro atoms. The monoisotopic (exact) mass is 273 g/mol. The van der Waals surface area contributed by atoms with Crippen LogP contribution in [0.5, 0.6) is 0 Å². The molecule has 4 nitrogen and oxygen atoms in total. The molecule has 20 heavy (non-hydrogen) atoms. The van der Waals surface area contributed by atoms with Crippen LogP contribution in [0.3, 0.4) is 0 Å². The second kappa shape index (κ2) is 5.94. The Kier molecular flexibility index (Phi) is 4.03. The Hall–Kier alpha value is -1.39. The number of nitrogens with zero attached hydrogens (tertiary/aromatic N) is 2. The molecule has 1 unspecified atom stereocenters. The van der Waals surface area contributed by atoms with E-state index in [0.29, 0.717) is 0 Å². The maximum Gasteiger partial charge on any atom is 0.243 e. The Bertz CT molecular complexity index is 482. The molecule has 1 N–H and O–H groups in total. The lowest BCUT2D eigenvalue weighted by Gasteiger charge is -2.26. The van der Waals surface area contributed by atoms with Gasteiger partial charge in [-0.1, -0.05) is 18.2 Å². The highest BCUT2D eigenvalue weighted by Gasteiger charge is 2.27. The van der Waals surface area contributed by atoms with Gasteiger partial charge in [-0.25, -0.2) is 0 Å². The van der Waals surface area contributed by atoms with E-state index in [9.17, 15) is 4.79 Å². The molecule has 2 aliphatic rings. The van der Waals surface area contributed by atoms with Crippen LogP contribution in [0.1, 0.15) is 25.3 Å². The van der Waals surface area contributed by atoms with Gasteiger partial charge in [0.05, 0.1) is 6.04 Å². The van der Waals surface area contributed by atoms with E-state index in [1.807, 2.05) is 24.0 Å². The maximum absolute atomic E-state index is 12.6. The summed E-state index contributed by atoms with van der Waals surface area (Å²) in [6.45, 7) is 6.85. The van der Waals surface area contributed by atoms with Gasteiger partial charge in [-0.3, -0.25) is 4.79 Å². The molecule has 2 aliphatic heterocycles. The van der Waals surface area contributed by atoms with Crippen molar-refractivity contribution in [1.29, 1.82) is 0 Å². The fourth-order valence-corrected chi connectivity index (χ4v) is 3.10. The Morgan fingerprint density at radius 2 is 1.95 bits per heavy atom. The molecule has 0 radical (unpaired) electrons. The van der Waals surface area contributed by atoms with E-state index in [2.05, 4.69) is 22.3 Å². The molecule has 1 aromatic carbocycles. The number of fused-ring (bicyclic) bond motifs is 1. The Morgan fingerprint density at radius 1 is 1.20 bits per heavy atom. The fourth-order valence-electron chi connectivity index (χ4n) is 3.10. The topological polar surface area (TPSA) is 35.6 Å². The minimum Gasteiger partial charge on any atom is -0.309 e. The minimum absolute atomic E-state index is 0.110. The second-order valence-corrected chi connectivity index (χ2v) is 5.77. The van der Waals surface area contributed by atoms with Crippen molar-refractivity contribution in [2.75, 3.05) is 31.1 Å². The highest BCUT2D eigenvalue weighted by atomic mass is 16.2. The van der Waals surface area contributed by atoms with E-state index in [0.717, 1.165) is 25.3 Å². The summed E-state index contributed by atoms with van der Waals surface area (Å²) >= 11 is 0. The highest BCUT2D eigenvalue weighted by Crippen LogP contribution is 2.24. The lowest BCUT2D eigenvalue weighted by atomic mass is 10.1. The number of hydrogen-bond acceptors (Lipinski definition) is 3. The molecule has 1 fully saturated rings. The highest BCUT2D eigenvalue weighted by molar-refractivity contribution is 5.98. The first-order chi connectivity index (χ1) is 9.75. The third-order valence-electron chi connectivity index (χ3n) is 4.36. The molecule has 2 heterocycles. The van der Waals surface area contributed by atoms with Crippen LogP contribution in [-0.2, 0) is 11.3 Å². The van der Waals surface area contributed by atoms with Crippen LogP contribution in [0.15, 0.2) is 24.3 Å². The summed E-state index contributed by atoms with van der Waals surface area (Å²) in [6, 6.07) is 8.12. The van der Waals surface area contributed by atoms with Crippen molar-refractivity contribution in [3.8, 4) is 0 Å². The second-order valence-electron chi connectivity index (χ2n) is 5.77. The number of anilines is 1. The van der Waals surface area contributed by atoms with Crippen molar-refractivity contribution in [2.24, 2.45) is 0 Å². The van der Waals surface area contributed by atoms with Gasteiger partial charge in [0.2, 0.25) is 5.91 Å². The summed E-state index contributed by atoms with van der Waals surface area (Å²) in [5.74, 6) is 0.189. The predicted octanol–water partition coefficient (Wildman–Crippen LogP) is 1.61. The average Bonchev–Trinajstić information content (AvgIpc) is 2.95. The summed E-state index contributed by atoms with van der Waals surface area (Å²) in [5.41, 5.74) is 2.29. The van der Waals surface area contributed by atoms with E-state index >= 15 is 0 Å². The smallest absolute Gasteiger partial charge is 0.243 e. The van der Waals surface area contributed by atoms with Gasteiger partial charge in [0.25, 0.3) is 0 Å². The molecule has 1 aromatic rings. The van der Waals surface area contributed by atoms with Crippen LogP contribution in [0, 0.1) is 0 Å². The van der Waals surface area contributed by atoms with Gasteiger partial charge in [-0.15, -0.1) is 0 Å². The van der Waals surface area contributed by atoms with Gasteiger partial charge in [0, 0.05) is 25.3 Å². The quantitative estimate of drug-likeness (QED) is 0.909. The van der Waals surface area contributed by atoms with E-state index in [4.69, 9.17) is 0 Å². The summed E-state index contributed by atoms with van der Waals surface area (Å²) in [5, 5.41) is 3.30. The number of hydrogen-bond donors (Lipinski definition) is 1. The lowest BCUT2D eigenvalue weighted by Crippen LogP contribution is -2.45. The van der Waals surface area contributed by atoms with Gasteiger partial charge in [-0.05, 0) is 44.5 Å². The van der Waals surface area contributed by atoms with Gasteiger partial charge < -0.3 is 15.1 Å². The molecule has 3 rings (SSSR count). The predicted molar refractivity (Wildman–Crippen MR) is 80.8 cm³/mol. The molecule has 108 valence electrons. The molecular formula is C16H23N3O. The summed E-state index contributed by atoms with van der Waals surface area (Å²) in [6.07, 6.45) is 2.59. The summed E-state index contributed by atoms with van der Waals surface area (Å²) in [7, 11) is 0. The van der Waals surface area contributed by atoms with Crippen LogP contribution >= 0.6 is 0 Å². The molecule has 1 atom stereocenters. The third-order valence-corrected chi connectivity index (χ3v) is 4.36. The molecular weight excluding hydrogens is 250 g/mol. The van der Waals surface area contributed by atoms with Crippen molar-refractivity contribution >= 4 is 11.6 Å². The van der Waals surface area contributed by atoms with Crippen LogP contribution in [0.2, 0.25) is 0 Å². The zero-order chi connectivity index (χ0) is 13.9. The largest absolute Gasteiger partial charge is 0.309 e. The Balaban J connectivity index is 1.79. The number of amides is 1. The van der Waals surface area contributed by atoms with Crippen LogP contribution in [0.25, 0.3) is 0 Å². The van der Waals surface area contributed by atoms with Gasteiger partial charge in [0.15, 0.2) is 0 Å². The van der Waals surface area contributed by atoms with Crippen LogP contribution in [0.4, 0.5) is 5.69 Å². The van der Waals surface area contributed by atoms with E-state index in [-0.39, 0.29) is 11.9 Å². The molecule has 0 saturated carbocycles. The lowest BCUT2D eigenvalue weighted by molar-refractivity contribution is -0.120. The van der Waals surface area contributed by atoms with E-state index in [1.165, 1.54) is 31.5 Å². The normalized spacial score (nSPS) is 23.8. The van der Waals surface area contributed by atoms with Crippen molar-refractivity contribution < 1.29 is 4.79 Å². The van der Waals surface area contributed by atoms with Gasteiger partial charge in [-0.2, -0.15) is 0 Å². The first kappa shape index (κ1) is 13.6. The molecule has 4 heteroatoms. The Morgan fingerprint density at radius 3 is 2.75 bits per heavy atom. The zero-order valence-electron chi connectivity index (χ0n) is 12.1. The summed E-state index contributed by atoms with van der Waals surface area (Å²) in [4.78, 5) is 17.0. The van der Waals surface area contributed by atoms with Gasteiger partial charge in [0.1, 0.15) is 0 Å². The number of nitrogens with one attached hydrogen (secondary N) is 1. The number of carbonyl (C=O) groups excluding carboxylic acids is 1. The number of carbonyl (C=O) groups is 1. The first-order valence-corrected chi connectivity index (χ1v) is 7.61. The molecule has 0 aliphatic carbocycles. The fraction of sp³-hybridized carbons (Fsp3) is 0.562. The zero-order valence-corrected chi connectivity index (χ0v) is 12.1. The molecule has 1 saturated heterocycles. The first-order valence-electron chi connectivity index (χ1n) is 7.61. The third kappa shape index (κ3) is 2.72. The standard InChI is InChI=1S/C16H23N3O/c1-13-16(20)19(11-10-18-8-4-5-9-18)15-7-3-2-6-14(15)12-17-13/h2-3,6-7,13,17H,4-5,8-12H2,1H3. The van der Waals surface area contributed by atoms with Crippen molar-refractivity contribution in [3.63, 3.8) is 0 Å². The molecule has 0 aromatic heterocycles. The number of para-hydroxylation sites is 1. The molecule has 0 bridgehead atoms. The number of likely N-dealkylation sites (tertiary alicyclic amines) is 1. The summed E-state index contributed by atoms with van der Waals surface area (Å²) < 4.78 is 0. The minimum atomic E-state index is -0.110. The van der Waals surface area contributed by atoms with E-state index in [1.54, 1.807) is 0 Å². The number of rotatable bonds is 3. The molecule has 1 amide bonds. The van der Waals surface area contributed by atoms with Crippen molar-refractivity contribution in [2.45, 2.75) is 32.4 Å². The van der Waals surface area contributed by atoms with Crippen molar-refractivity contribution in [1.82, 2.24) is 10.2 Å². The van der Waals surface area contributed by atoms with E-state index < -0.39 is 0 Å². The SMILES string of the molecule is CC1NCc2ccccc2N(CCN2CCCC2)C1=O. The van der Waals surface area contributed by atoms with Crippen LogP contribution < -0.4 is 10.2 Å². The van der Waals surface area contributed by atoms with Crippen LogP contribution in [-0.4, -0.2) is 43.0 Å². The number of benzene rings is 1. The van der Waals surface area contributed by atoms with Crippen molar-refractivity contribution in [3.05, 3.63) is 29.8 Å². The maximum atomic E-state index is 12.6. The Labute approximate surface area is 120 Å².